The molecule has 2 aromatic heterocycles. The van der Waals surface area contributed by atoms with Gasteiger partial charge < -0.3 is 16.0 Å². The fourth-order valence-electron chi connectivity index (χ4n) is 1.32. The highest BCUT2D eigenvalue weighted by molar-refractivity contribution is 7.07. The first kappa shape index (κ1) is 12.0. The Labute approximate surface area is 105 Å². The molecule has 0 fully saturated rings. The SMILES string of the molecule is Nc1ccc([N+](=O)[O-])c(NCc2csc(=O)[nH]2)n1. The summed E-state index contributed by atoms with van der Waals surface area (Å²) in [5.74, 6) is 0.258. The van der Waals surface area contributed by atoms with Crippen LogP contribution < -0.4 is 15.9 Å². The molecule has 0 atom stereocenters. The summed E-state index contributed by atoms with van der Waals surface area (Å²) in [6, 6.07) is 2.64. The maximum Gasteiger partial charge on any atom is 0.311 e. The predicted molar refractivity (Wildman–Crippen MR) is 67.6 cm³/mol. The van der Waals surface area contributed by atoms with Gasteiger partial charge in [-0.1, -0.05) is 11.3 Å². The van der Waals surface area contributed by atoms with Gasteiger partial charge in [-0.05, 0) is 6.07 Å². The number of nitrogens with zero attached hydrogens (tertiary/aromatic N) is 2. The maximum atomic E-state index is 10.9. The molecule has 4 N–H and O–H groups in total. The normalized spacial score (nSPS) is 10.2. The molecule has 0 amide bonds. The van der Waals surface area contributed by atoms with Crippen molar-refractivity contribution in [2.24, 2.45) is 0 Å². The van der Waals surface area contributed by atoms with Crippen molar-refractivity contribution in [3.63, 3.8) is 0 Å². The van der Waals surface area contributed by atoms with Crippen LogP contribution in [0.1, 0.15) is 5.69 Å². The van der Waals surface area contributed by atoms with Gasteiger partial charge in [-0.25, -0.2) is 4.98 Å². The molecule has 0 unspecified atom stereocenters. The van der Waals surface area contributed by atoms with E-state index in [-0.39, 0.29) is 28.7 Å². The van der Waals surface area contributed by atoms with Crippen molar-refractivity contribution in [3.05, 3.63) is 43.0 Å². The van der Waals surface area contributed by atoms with Crippen molar-refractivity contribution >= 4 is 28.7 Å². The number of pyridine rings is 1. The van der Waals surface area contributed by atoms with Crippen molar-refractivity contribution < 1.29 is 4.92 Å². The number of nitrogens with one attached hydrogen (secondary N) is 2. The first-order valence-electron chi connectivity index (χ1n) is 4.88. The number of anilines is 2. The van der Waals surface area contributed by atoms with Crippen molar-refractivity contribution in [2.45, 2.75) is 6.54 Å². The van der Waals surface area contributed by atoms with Crippen LogP contribution in [0.25, 0.3) is 0 Å². The predicted octanol–water partition coefficient (Wildman–Crippen LogP) is 0.934. The van der Waals surface area contributed by atoms with Gasteiger partial charge >= 0.3 is 10.6 Å². The van der Waals surface area contributed by atoms with Crippen LogP contribution in [0.3, 0.4) is 0 Å². The second kappa shape index (κ2) is 4.84. The zero-order valence-corrected chi connectivity index (χ0v) is 9.86. The fraction of sp³-hybridized carbons (Fsp3) is 0.111. The van der Waals surface area contributed by atoms with Crippen LogP contribution in [-0.2, 0) is 6.54 Å². The van der Waals surface area contributed by atoms with E-state index in [9.17, 15) is 14.9 Å². The molecule has 2 aromatic rings. The van der Waals surface area contributed by atoms with E-state index in [4.69, 9.17) is 5.73 Å². The minimum Gasteiger partial charge on any atom is -0.384 e. The number of hydrogen-bond donors (Lipinski definition) is 3. The molecule has 18 heavy (non-hydrogen) atoms. The summed E-state index contributed by atoms with van der Waals surface area (Å²) in [6.07, 6.45) is 0. The Bertz CT molecular complexity index is 635. The number of hydrogen-bond acceptors (Lipinski definition) is 7. The quantitative estimate of drug-likeness (QED) is 0.558. The van der Waals surface area contributed by atoms with Gasteiger partial charge in [0.2, 0.25) is 5.82 Å². The van der Waals surface area contributed by atoms with E-state index in [2.05, 4.69) is 15.3 Å². The summed E-state index contributed by atoms with van der Waals surface area (Å²) in [7, 11) is 0. The molecule has 8 nitrogen and oxygen atoms in total. The second-order valence-electron chi connectivity index (χ2n) is 3.39. The molecule has 2 rings (SSSR count). The van der Waals surface area contributed by atoms with Crippen molar-refractivity contribution in [3.8, 4) is 0 Å². The van der Waals surface area contributed by atoms with Gasteiger partial charge in [-0.2, -0.15) is 0 Å². The maximum absolute atomic E-state index is 10.9. The van der Waals surface area contributed by atoms with Crippen LogP contribution in [0.4, 0.5) is 17.3 Å². The Morgan fingerprint density at radius 1 is 1.56 bits per heavy atom. The minimum atomic E-state index is -0.550. The van der Waals surface area contributed by atoms with E-state index in [1.807, 2.05) is 0 Å². The molecule has 94 valence electrons. The molecule has 0 aromatic carbocycles. The molecule has 0 radical (unpaired) electrons. The smallest absolute Gasteiger partial charge is 0.311 e. The monoisotopic (exact) mass is 267 g/mol. The highest BCUT2D eigenvalue weighted by Gasteiger charge is 2.15. The Hall–Kier alpha value is -2.42. The molecule has 0 bridgehead atoms. The lowest BCUT2D eigenvalue weighted by Crippen LogP contribution is -2.07. The largest absolute Gasteiger partial charge is 0.384 e. The average molecular weight is 267 g/mol. The molecular weight excluding hydrogens is 258 g/mol. The van der Waals surface area contributed by atoms with Crippen LogP contribution in [0.5, 0.6) is 0 Å². The molecule has 0 spiro atoms. The van der Waals surface area contributed by atoms with E-state index in [1.165, 1.54) is 12.1 Å². The van der Waals surface area contributed by atoms with Crippen LogP contribution >= 0.6 is 11.3 Å². The average Bonchev–Trinajstić information content (AvgIpc) is 2.72. The van der Waals surface area contributed by atoms with E-state index in [0.717, 1.165) is 11.3 Å². The molecule has 0 aliphatic carbocycles. The van der Waals surface area contributed by atoms with Gasteiger partial charge in [-0.3, -0.25) is 14.9 Å². The highest BCUT2D eigenvalue weighted by Crippen LogP contribution is 2.23. The Kier molecular flexibility index (Phi) is 3.24. The van der Waals surface area contributed by atoms with E-state index in [1.54, 1.807) is 5.38 Å². The third-order valence-corrected chi connectivity index (χ3v) is 2.83. The lowest BCUT2D eigenvalue weighted by atomic mass is 10.3. The Balaban J connectivity index is 2.20. The Morgan fingerprint density at radius 3 is 2.94 bits per heavy atom. The van der Waals surface area contributed by atoms with Crippen LogP contribution in [0.15, 0.2) is 22.3 Å². The molecule has 0 aliphatic heterocycles. The number of nitrogen functional groups attached to an aromatic ring is 1. The molecule has 9 heteroatoms. The van der Waals surface area contributed by atoms with E-state index in [0.29, 0.717) is 5.69 Å². The van der Waals surface area contributed by atoms with Crippen LogP contribution in [-0.4, -0.2) is 14.9 Å². The van der Waals surface area contributed by atoms with Crippen molar-refractivity contribution in [2.75, 3.05) is 11.1 Å². The Morgan fingerprint density at radius 2 is 2.33 bits per heavy atom. The van der Waals surface area contributed by atoms with Gasteiger partial charge in [0.15, 0.2) is 0 Å². The van der Waals surface area contributed by atoms with E-state index < -0.39 is 4.92 Å². The first-order valence-corrected chi connectivity index (χ1v) is 5.75. The lowest BCUT2D eigenvalue weighted by molar-refractivity contribution is -0.384. The van der Waals surface area contributed by atoms with Crippen LogP contribution in [0, 0.1) is 10.1 Å². The van der Waals surface area contributed by atoms with E-state index >= 15 is 0 Å². The molecule has 2 heterocycles. The zero-order chi connectivity index (χ0) is 13.1. The second-order valence-corrected chi connectivity index (χ2v) is 4.23. The number of nitrogens with two attached hydrogens (primary N) is 1. The van der Waals surface area contributed by atoms with Gasteiger partial charge in [0.1, 0.15) is 5.82 Å². The topological polar surface area (TPSA) is 127 Å². The molecule has 0 saturated heterocycles. The lowest BCUT2D eigenvalue weighted by Gasteiger charge is -2.05. The molecule has 0 aliphatic rings. The summed E-state index contributed by atoms with van der Waals surface area (Å²) >= 11 is 1.02. The number of H-pyrrole nitrogens is 1. The van der Waals surface area contributed by atoms with Crippen molar-refractivity contribution in [1.29, 1.82) is 0 Å². The number of rotatable bonds is 4. The van der Waals surface area contributed by atoms with Gasteiger partial charge in [0.25, 0.3) is 0 Å². The summed E-state index contributed by atoms with van der Waals surface area (Å²) in [4.78, 5) is 27.4. The number of nitro groups is 1. The van der Waals surface area contributed by atoms with Crippen molar-refractivity contribution in [1.82, 2.24) is 9.97 Å². The fourth-order valence-corrected chi connectivity index (χ4v) is 1.91. The number of aromatic nitrogens is 2. The highest BCUT2D eigenvalue weighted by atomic mass is 32.1. The summed E-state index contributed by atoms with van der Waals surface area (Å²) in [5.41, 5.74) is 5.93. The summed E-state index contributed by atoms with van der Waals surface area (Å²) in [5, 5.41) is 15.2. The van der Waals surface area contributed by atoms with Gasteiger partial charge in [-0.15, -0.1) is 0 Å². The molecule has 0 saturated carbocycles. The van der Waals surface area contributed by atoms with Gasteiger partial charge in [0, 0.05) is 17.1 Å². The summed E-state index contributed by atoms with van der Waals surface area (Å²) in [6.45, 7) is 0.232. The summed E-state index contributed by atoms with van der Waals surface area (Å²) < 4.78 is 0. The van der Waals surface area contributed by atoms with Gasteiger partial charge in [0.05, 0.1) is 11.5 Å². The zero-order valence-electron chi connectivity index (χ0n) is 9.04. The van der Waals surface area contributed by atoms with Crippen LogP contribution in [0.2, 0.25) is 0 Å². The molecular formula is C9H9N5O3S. The number of thiazole rings is 1. The standard InChI is InChI=1S/C9H9N5O3S/c10-7-2-1-6(14(16)17)8(13-7)11-3-5-4-18-9(15)12-5/h1-2,4H,3H2,(H,12,15)(H3,10,11,13). The third-order valence-electron chi connectivity index (χ3n) is 2.11. The number of aromatic amines is 1. The minimum absolute atomic E-state index is 0.0760. The first-order chi connectivity index (χ1) is 8.56. The third kappa shape index (κ3) is 2.63.